The lowest BCUT2D eigenvalue weighted by Crippen LogP contribution is -2.07. The fourth-order valence-corrected chi connectivity index (χ4v) is 3.90. The summed E-state index contributed by atoms with van der Waals surface area (Å²) >= 11 is 1.38. The summed E-state index contributed by atoms with van der Waals surface area (Å²) in [6.07, 6.45) is 2.89. The molecule has 2 aromatic heterocycles. The van der Waals surface area contributed by atoms with Gasteiger partial charge in [-0.25, -0.2) is 18.4 Å². The lowest BCUT2D eigenvalue weighted by atomic mass is 10.2. The van der Waals surface area contributed by atoms with E-state index in [9.17, 15) is 8.42 Å². The van der Waals surface area contributed by atoms with Crippen LogP contribution in [0.5, 0.6) is 5.75 Å². The molecule has 3 rings (SSSR count). The van der Waals surface area contributed by atoms with Crippen LogP contribution in [0.25, 0.3) is 0 Å². The van der Waals surface area contributed by atoms with Gasteiger partial charge in [0.1, 0.15) is 23.1 Å². The Balaban J connectivity index is 1.63. The molecule has 0 saturated carbocycles. The van der Waals surface area contributed by atoms with Crippen molar-refractivity contribution in [2.45, 2.75) is 24.4 Å². The number of imidazole rings is 1. The Morgan fingerprint density at radius 3 is 2.74 bits per heavy atom. The molecular formula is C15H15N3O3S2. The van der Waals surface area contributed by atoms with Crippen LogP contribution in [0.1, 0.15) is 16.3 Å². The minimum Gasteiger partial charge on any atom is -0.486 e. The highest BCUT2D eigenvalue weighted by Crippen LogP contribution is 2.18. The second kappa shape index (κ2) is 6.51. The van der Waals surface area contributed by atoms with Crippen molar-refractivity contribution < 1.29 is 13.2 Å². The molecule has 120 valence electrons. The molecule has 2 heterocycles. The van der Waals surface area contributed by atoms with E-state index in [0.29, 0.717) is 12.3 Å². The van der Waals surface area contributed by atoms with Crippen LogP contribution in [-0.4, -0.2) is 23.4 Å². The van der Waals surface area contributed by atoms with Gasteiger partial charge in [-0.3, -0.25) is 0 Å². The minimum atomic E-state index is -3.49. The number of thiazole rings is 1. The fraction of sp³-hybridized carbons (Fsp3) is 0.200. The third kappa shape index (κ3) is 3.96. The van der Waals surface area contributed by atoms with E-state index < -0.39 is 9.84 Å². The summed E-state index contributed by atoms with van der Waals surface area (Å²) in [5.74, 6) is 0.581. The summed E-state index contributed by atoms with van der Waals surface area (Å²) in [4.78, 5) is 10.7. The van der Waals surface area contributed by atoms with E-state index >= 15 is 0 Å². The summed E-state index contributed by atoms with van der Waals surface area (Å²) in [5, 5.41) is 2.42. The predicted molar refractivity (Wildman–Crippen MR) is 87.1 cm³/mol. The molecule has 0 spiro atoms. The SMILES string of the molecule is Cc1ccc(OCc2nc(CS(=O)(=O)c3ncc[nH]3)cs2)cc1. The lowest BCUT2D eigenvalue weighted by Gasteiger charge is -2.03. The molecule has 0 unspecified atom stereocenters. The largest absolute Gasteiger partial charge is 0.486 e. The van der Waals surface area contributed by atoms with Gasteiger partial charge in [-0.2, -0.15) is 0 Å². The van der Waals surface area contributed by atoms with Crippen molar-refractivity contribution in [2.24, 2.45) is 0 Å². The Morgan fingerprint density at radius 1 is 1.26 bits per heavy atom. The molecule has 0 aliphatic carbocycles. The zero-order valence-corrected chi connectivity index (χ0v) is 14.0. The summed E-state index contributed by atoms with van der Waals surface area (Å²) in [6, 6.07) is 7.73. The average molecular weight is 349 g/mol. The Bertz CT molecular complexity index is 869. The summed E-state index contributed by atoms with van der Waals surface area (Å²) < 4.78 is 29.9. The fourth-order valence-electron chi connectivity index (χ4n) is 1.94. The van der Waals surface area contributed by atoms with E-state index in [0.717, 1.165) is 16.3 Å². The highest BCUT2D eigenvalue weighted by molar-refractivity contribution is 7.90. The maximum absolute atomic E-state index is 12.1. The first-order valence-electron chi connectivity index (χ1n) is 6.88. The molecule has 0 amide bonds. The number of sulfone groups is 1. The van der Waals surface area contributed by atoms with Gasteiger partial charge in [0, 0.05) is 17.8 Å². The molecule has 6 nitrogen and oxygen atoms in total. The highest BCUT2D eigenvalue weighted by Gasteiger charge is 2.19. The minimum absolute atomic E-state index is 0.0389. The van der Waals surface area contributed by atoms with Crippen molar-refractivity contribution in [3.8, 4) is 5.75 Å². The molecule has 0 aliphatic rings. The molecule has 0 atom stereocenters. The smallest absolute Gasteiger partial charge is 0.225 e. The number of aromatic nitrogens is 3. The standard InChI is InChI=1S/C15H15N3O3S2/c1-11-2-4-13(5-3-11)21-8-14-18-12(9-22-14)10-23(19,20)15-16-6-7-17-15/h2-7,9H,8,10H2,1H3,(H,16,17). The predicted octanol–water partition coefficient (Wildman–Crippen LogP) is 2.73. The van der Waals surface area contributed by atoms with Crippen LogP contribution in [-0.2, 0) is 22.2 Å². The molecule has 1 N–H and O–H groups in total. The topological polar surface area (TPSA) is 84.9 Å². The molecule has 0 radical (unpaired) electrons. The number of benzene rings is 1. The van der Waals surface area contributed by atoms with E-state index in [-0.39, 0.29) is 10.9 Å². The van der Waals surface area contributed by atoms with Crippen LogP contribution in [0, 0.1) is 6.92 Å². The Hall–Kier alpha value is -2.19. The molecule has 1 aromatic carbocycles. The van der Waals surface area contributed by atoms with Crippen molar-refractivity contribution in [1.82, 2.24) is 15.0 Å². The van der Waals surface area contributed by atoms with Crippen LogP contribution < -0.4 is 4.74 Å². The van der Waals surface area contributed by atoms with Gasteiger partial charge < -0.3 is 9.72 Å². The van der Waals surface area contributed by atoms with Crippen LogP contribution in [0.15, 0.2) is 47.2 Å². The number of hydrogen-bond donors (Lipinski definition) is 1. The van der Waals surface area contributed by atoms with Crippen LogP contribution in [0.3, 0.4) is 0 Å². The van der Waals surface area contributed by atoms with Gasteiger partial charge in [-0.1, -0.05) is 17.7 Å². The summed E-state index contributed by atoms with van der Waals surface area (Å²) in [6.45, 7) is 2.32. The van der Waals surface area contributed by atoms with Gasteiger partial charge in [-0.15, -0.1) is 11.3 Å². The number of nitrogens with zero attached hydrogens (tertiary/aromatic N) is 2. The quantitative estimate of drug-likeness (QED) is 0.739. The van der Waals surface area contributed by atoms with Crippen LogP contribution in [0.2, 0.25) is 0 Å². The van der Waals surface area contributed by atoms with E-state index in [2.05, 4.69) is 15.0 Å². The van der Waals surface area contributed by atoms with Gasteiger partial charge >= 0.3 is 0 Å². The van der Waals surface area contributed by atoms with E-state index in [1.165, 1.54) is 23.7 Å². The molecule has 8 heteroatoms. The van der Waals surface area contributed by atoms with Gasteiger partial charge in [0.05, 0.1) is 5.69 Å². The number of aryl methyl sites for hydroxylation is 1. The molecule has 0 bridgehead atoms. The Morgan fingerprint density at radius 2 is 2.04 bits per heavy atom. The second-order valence-corrected chi connectivity index (χ2v) is 7.84. The monoisotopic (exact) mass is 349 g/mol. The molecule has 0 fully saturated rings. The number of H-pyrrole nitrogens is 1. The van der Waals surface area contributed by atoms with Gasteiger partial charge in [0.25, 0.3) is 0 Å². The van der Waals surface area contributed by atoms with Crippen molar-refractivity contribution in [2.75, 3.05) is 0 Å². The summed E-state index contributed by atoms with van der Waals surface area (Å²) in [5.41, 5.74) is 1.66. The lowest BCUT2D eigenvalue weighted by molar-refractivity contribution is 0.305. The molecule has 3 aromatic rings. The summed E-state index contributed by atoms with van der Waals surface area (Å²) in [7, 11) is -3.49. The van der Waals surface area contributed by atoms with Gasteiger partial charge in [0.2, 0.25) is 15.0 Å². The van der Waals surface area contributed by atoms with Crippen molar-refractivity contribution in [3.05, 3.63) is 58.3 Å². The normalized spacial score (nSPS) is 11.5. The maximum Gasteiger partial charge on any atom is 0.225 e. The van der Waals surface area contributed by atoms with E-state index in [1.807, 2.05) is 31.2 Å². The number of rotatable bonds is 6. The molecule has 0 aliphatic heterocycles. The zero-order chi connectivity index (χ0) is 16.3. The van der Waals surface area contributed by atoms with Gasteiger partial charge in [-0.05, 0) is 19.1 Å². The number of ether oxygens (including phenoxy) is 1. The third-order valence-electron chi connectivity index (χ3n) is 3.09. The number of aromatic amines is 1. The third-order valence-corrected chi connectivity index (χ3v) is 5.45. The maximum atomic E-state index is 12.1. The number of hydrogen-bond acceptors (Lipinski definition) is 6. The molecular weight excluding hydrogens is 334 g/mol. The van der Waals surface area contributed by atoms with Crippen LogP contribution in [0.4, 0.5) is 0 Å². The van der Waals surface area contributed by atoms with Gasteiger partial charge in [0.15, 0.2) is 0 Å². The van der Waals surface area contributed by atoms with Crippen molar-refractivity contribution >= 4 is 21.2 Å². The Kier molecular flexibility index (Phi) is 4.44. The van der Waals surface area contributed by atoms with E-state index in [1.54, 1.807) is 5.38 Å². The first-order valence-corrected chi connectivity index (χ1v) is 9.41. The second-order valence-electron chi connectivity index (χ2n) is 4.99. The van der Waals surface area contributed by atoms with Crippen molar-refractivity contribution in [1.29, 1.82) is 0 Å². The van der Waals surface area contributed by atoms with Crippen LogP contribution >= 0.6 is 11.3 Å². The Labute approximate surface area is 138 Å². The average Bonchev–Trinajstić information content (AvgIpc) is 3.18. The zero-order valence-electron chi connectivity index (χ0n) is 12.4. The van der Waals surface area contributed by atoms with E-state index in [4.69, 9.17) is 4.74 Å². The first-order chi connectivity index (χ1) is 11.0. The number of nitrogens with one attached hydrogen (secondary N) is 1. The first kappa shape index (κ1) is 15.7. The highest BCUT2D eigenvalue weighted by atomic mass is 32.2. The van der Waals surface area contributed by atoms with Crippen molar-refractivity contribution in [3.63, 3.8) is 0 Å². The molecule has 0 saturated heterocycles. The molecule has 23 heavy (non-hydrogen) atoms.